The number of aromatic amines is 1. The minimum Gasteiger partial charge on any atom is -0.530 e. The lowest BCUT2D eigenvalue weighted by Gasteiger charge is -2.19. The molecule has 130 valence electrons. The second-order valence-corrected chi connectivity index (χ2v) is 5.74. The van der Waals surface area contributed by atoms with Crippen LogP contribution in [0.25, 0.3) is 11.0 Å². The number of hydrogen-bond acceptors (Lipinski definition) is 4. The number of hydrogen-bond donors (Lipinski definition) is 2. The average Bonchev–Trinajstić information content (AvgIpc) is 3.25. The Morgan fingerprint density at radius 2 is 1.96 bits per heavy atom. The van der Waals surface area contributed by atoms with E-state index in [1.165, 1.54) is 12.1 Å². The van der Waals surface area contributed by atoms with E-state index >= 15 is 0 Å². The smallest absolute Gasteiger partial charge is 0.206 e. The van der Waals surface area contributed by atoms with Crippen LogP contribution < -0.4 is 10.4 Å². The van der Waals surface area contributed by atoms with Gasteiger partial charge in [0.2, 0.25) is 5.95 Å². The molecular formula is C18H13FN5O2-. The molecule has 0 saturated carbocycles. The van der Waals surface area contributed by atoms with Gasteiger partial charge in [-0.05, 0) is 35.4 Å². The molecule has 0 aliphatic carbocycles. The van der Waals surface area contributed by atoms with Crippen molar-refractivity contribution >= 4 is 23.1 Å². The van der Waals surface area contributed by atoms with Crippen LogP contribution in [0.4, 0.5) is 15.1 Å². The summed E-state index contributed by atoms with van der Waals surface area (Å²) >= 11 is 0. The third-order valence-corrected chi connectivity index (χ3v) is 4.05. The van der Waals surface area contributed by atoms with Crippen LogP contribution in [0.15, 0.2) is 61.2 Å². The number of carbonyl (C=O) groups is 1. The van der Waals surface area contributed by atoms with Crippen molar-refractivity contribution in [3.8, 4) is 0 Å². The molecule has 0 radical (unpaired) electrons. The van der Waals surface area contributed by atoms with Gasteiger partial charge in [0.25, 0.3) is 0 Å². The largest absolute Gasteiger partial charge is 0.530 e. The predicted molar refractivity (Wildman–Crippen MR) is 91.0 cm³/mol. The Labute approximate surface area is 147 Å². The Hall–Kier alpha value is -3.68. The molecule has 0 bridgehead atoms. The summed E-state index contributed by atoms with van der Waals surface area (Å²) in [6.45, 7) is 0. The van der Waals surface area contributed by atoms with Gasteiger partial charge in [-0.25, -0.2) is 14.4 Å². The van der Waals surface area contributed by atoms with Gasteiger partial charge in [-0.1, -0.05) is 18.2 Å². The molecular weight excluding hydrogens is 337 g/mol. The van der Waals surface area contributed by atoms with Crippen molar-refractivity contribution in [3.63, 3.8) is 0 Å². The van der Waals surface area contributed by atoms with Crippen molar-refractivity contribution in [2.45, 2.75) is 6.04 Å². The summed E-state index contributed by atoms with van der Waals surface area (Å²) in [5.41, 5.74) is 3.07. The molecule has 4 aromatic rings. The number of carboxylic acid groups (broad SMARTS) is 1. The van der Waals surface area contributed by atoms with Crippen molar-refractivity contribution in [2.24, 2.45) is 0 Å². The summed E-state index contributed by atoms with van der Waals surface area (Å²) in [5.74, 6) is -0.210. The number of aromatic nitrogens is 4. The average molecular weight is 350 g/mol. The quantitative estimate of drug-likeness (QED) is 0.590. The molecule has 7 nitrogen and oxygen atoms in total. The van der Waals surface area contributed by atoms with Crippen molar-refractivity contribution in [2.75, 3.05) is 5.32 Å². The molecule has 8 heteroatoms. The summed E-state index contributed by atoms with van der Waals surface area (Å²) in [5, 5.41) is 12.8. The minimum atomic E-state index is -1.44. The zero-order valence-corrected chi connectivity index (χ0v) is 13.4. The highest BCUT2D eigenvalue weighted by molar-refractivity contribution is 5.84. The summed E-state index contributed by atoms with van der Waals surface area (Å²) in [7, 11) is 0. The molecule has 0 spiro atoms. The van der Waals surface area contributed by atoms with Crippen LogP contribution >= 0.6 is 0 Å². The van der Waals surface area contributed by atoms with Crippen molar-refractivity contribution in [1.82, 2.24) is 19.5 Å². The first-order valence-electron chi connectivity index (χ1n) is 7.81. The predicted octanol–water partition coefficient (Wildman–Crippen LogP) is 2.29. The zero-order valence-electron chi connectivity index (χ0n) is 13.4. The molecule has 1 atom stereocenters. The van der Waals surface area contributed by atoms with Gasteiger partial charge in [0.05, 0.1) is 23.4 Å². The van der Waals surface area contributed by atoms with Crippen LogP contribution in [0.2, 0.25) is 0 Å². The Bertz CT molecular complexity index is 1060. The lowest BCUT2D eigenvalue weighted by molar-refractivity contribution is -0.242. The number of nitrogens with one attached hydrogen (secondary N) is 2. The van der Waals surface area contributed by atoms with Crippen LogP contribution in [0.5, 0.6) is 0 Å². The molecule has 1 amide bonds. The Balaban J connectivity index is 1.80. The maximum atomic E-state index is 13.3. The van der Waals surface area contributed by atoms with Crippen molar-refractivity contribution in [3.05, 3.63) is 78.1 Å². The first-order valence-corrected chi connectivity index (χ1v) is 7.81. The van der Waals surface area contributed by atoms with Gasteiger partial charge in [-0.15, -0.1) is 0 Å². The number of fused-ring (bicyclic) bond motifs is 1. The molecule has 26 heavy (non-hydrogen) atoms. The van der Waals surface area contributed by atoms with Crippen LogP contribution in [0.3, 0.4) is 0 Å². The molecule has 0 aliphatic heterocycles. The number of amides is 1. The third-order valence-electron chi connectivity index (χ3n) is 4.05. The second kappa shape index (κ2) is 6.32. The van der Waals surface area contributed by atoms with E-state index in [2.05, 4.69) is 20.3 Å². The number of carbonyl (C=O) groups excluding carboxylic acids is 1. The molecule has 4 rings (SSSR count). The van der Waals surface area contributed by atoms with Crippen molar-refractivity contribution in [1.29, 1.82) is 0 Å². The normalized spacial score (nSPS) is 12.2. The van der Waals surface area contributed by atoms with E-state index in [1.807, 2.05) is 22.9 Å². The first-order chi connectivity index (χ1) is 12.6. The number of rotatable bonds is 4. The fourth-order valence-electron chi connectivity index (χ4n) is 2.96. The SMILES string of the molecule is O=C([O-])Nc1nc2ccc(C(c3ccc(F)cc3)n3ccnc3)cc2[nH]1. The number of H-pyrrole nitrogens is 1. The maximum Gasteiger partial charge on any atom is 0.206 e. The van der Waals surface area contributed by atoms with E-state index in [1.54, 1.807) is 30.7 Å². The molecule has 2 N–H and O–H groups in total. The van der Waals surface area contributed by atoms with E-state index in [9.17, 15) is 14.3 Å². The molecule has 2 aromatic carbocycles. The monoisotopic (exact) mass is 350 g/mol. The second-order valence-electron chi connectivity index (χ2n) is 5.74. The Morgan fingerprint density at radius 1 is 1.19 bits per heavy atom. The Kier molecular flexibility index (Phi) is 3.85. The van der Waals surface area contributed by atoms with Gasteiger partial charge >= 0.3 is 0 Å². The van der Waals surface area contributed by atoms with Crippen LogP contribution in [-0.2, 0) is 0 Å². The van der Waals surface area contributed by atoms with E-state index < -0.39 is 6.09 Å². The van der Waals surface area contributed by atoms with E-state index in [0.29, 0.717) is 11.0 Å². The summed E-state index contributed by atoms with van der Waals surface area (Å²) in [6, 6.07) is 11.6. The third kappa shape index (κ3) is 3.00. The number of nitrogens with zero attached hydrogens (tertiary/aromatic N) is 3. The number of benzene rings is 2. The first kappa shape index (κ1) is 15.8. The highest BCUT2D eigenvalue weighted by Crippen LogP contribution is 2.29. The number of halogens is 1. The van der Waals surface area contributed by atoms with Crippen LogP contribution in [-0.4, -0.2) is 25.6 Å². The zero-order chi connectivity index (χ0) is 18.1. The van der Waals surface area contributed by atoms with Gasteiger partial charge in [-0.2, -0.15) is 0 Å². The lowest BCUT2D eigenvalue weighted by Crippen LogP contribution is -2.29. The number of anilines is 1. The summed E-state index contributed by atoms with van der Waals surface area (Å²) in [4.78, 5) is 21.8. The van der Waals surface area contributed by atoms with Crippen molar-refractivity contribution < 1.29 is 14.3 Å². The molecule has 0 fully saturated rings. The van der Waals surface area contributed by atoms with Gasteiger partial charge in [0.1, 0.15) is 11.9 Å². The molecule has 1 unspecified atom stereocenters. The fraction of sp³-hybridized carbons (Fsp3) is 0.0556. The van der Waals surface area contributed by atoms with Gasteiger partial charge < -0.3 is 24.8 Å². The van der Waals surface area contributed by atoms with Crippen LogP contribution in [0, 0.1) is 5.82 Å². The molecule has 0 saturated heterocycles. The van der Waals surface area contributed by atoms with Crippen LogP contribution in [0.1, 0.15) is 17.2 Å². The molecule has 2 aromatic heterocycles. The lowest BCUT2D eigenvalue weighted by atomic mass is 9.98. The molecule has 2 heterocycles. The summed E-state index contributed by atoms with van der Waals surface area (Å²) in [6.07, 6.45) is 3.75. The summed E-state index contributed by atoms with van der Waals surface area (Å²) < 4.78 is 15.2. The maximum absolute atomic E-state index is 13.3. The van der Waals surface area contributed by atoms with Gasteiger partial charge in [-0.3, -0.25) is 0 Å². The fourth-order valence-corrected chi connectivity index (χ4v) is 2.96. The standard InChI is InChI=1S/C18H14FN5O2/c19-13-4-1-11(2-5-13)16(24-8-7-20-10-24)12-3-6-14-15(9-12)22-17(21-14)23-18(25)26/h1-10,16H,(H,25,26)(H2,21,22,23)/p-1. The molecule has 0 aliphatic rings. The highest BCUT2D eigenvalue weighted by atomic mass is 19.1. The van der Waals surface area contributed by atoms with E-state index in [4.69, 9.17) is 0 Å². The van der Waals surface area contributed by atoms with E-state index in [0.717, 1.165) is 11.1 Å². The minimum absolute atomic E-state index is 0.0955. The highest BCUT2D eigenvalue weighted by Gasteiger charge is 2.17. The Morgan fingerprint density at radius 3 is 2.65 bits per heavy atom. The van der Waals surface area contributed by atoms with Gasteiger partial charge in [0.15, 0.2) is 0 Å². The number of imidazole rings is 2. The van der Waals surface area contributed by atoms with Gasteiger partial charge in [0, 0.05) is 12.4 Å². The van der Waals surface area contributed by atoms with E-state index in [-0.39, 0.29) is 17.8 Å². The topological polar surface area (TPSA) is 98.7 Å².